The molecule has 0 aliphatic rings. The van der Waals surface area contributed by atoms with Crippen LogP contribution in [0, 0.1) is 6.92 Å². The highest BCUT2D eigenvalue weighted by Crippen LogP contribution is 2.28. The van der Waals surface area contributed by atoms with Crippen molar-refractivity contribution in [3.8, 4) is 0 Å². The van der Waals surface area contributed by atoms with Crippen LogP contribution in [-0.4, -0.2) is 18.1 Å². The van der Waals surface area contributed by atoms with Crippen molar-refractivity contribution in [1.29, 1.82) is 0 Å². The summed E-state index contributed by atoms with van der Waals surface area (Å²) >= 11 is 6.01. The van der Waals surface area contributed by atoms with Gasteiger partial charge in [0, 0.05) is 11.6 Å². The van der Waals surface area contributed by atoms with E-state index in [0.29, 0.717) is 10.6 Å². The number of esters is 1. The molecule has 2 aromatic rings. The molecule has 0 aliphatic heterocycles. The van der Waals surface area contributed by atoms with Gasteiger partial charge in [-0.25, -0.2) is 4.79 Å². The summed E-state index contributed by atoms with van der Waals surface area (Å²) in [5.41, 5.74) is 2.29. The number of aromatic amines is 1. The molecular weight excluding hydrogens is 214 g/mol. The standard InChI is InChI=1S/C11H10ClNO2/c1-6-5-13-10-8(12)4-3-7(9(6)10)11(14)15-2/h3-5,13H,1-2H3. The number of H-pyrrole nitrogens is 1. The second-order valence-corrected chi connectivity index (χ2v) is 3.72. The van der Waals surface area contributed by atoms with Crippen LogP contribution in [0.25, 0.3) is 10.9 Å². The monoisotopic (exact) mass is 223 g/mol. The lowest BCUT2D eigenvalue weighted by molar-refractivity contribution is 0.0603. The number of aryl methyl sites for hydroxylation is 1. The van der Waals surface area contributed by atoms with Gasteiger partial charge in [-0.05, 0) is 24.6 Å². The first-order valence-electron chi connectivity index (χ1n) is 4.49. The van der Waals surface area contributed by atoms with E-state index in [1.807, 2.05) is 13.1 Å². The first-order chi connectivity index (χ1) is 7.15. The number of aromatic nitrogens is 1. The van der Waals surface area contributed by atoms with Crippen LogP contribution < -0.4 is 0 Å². The molecule has 0 amide bonds. The molecule has 2 rings (SSSR count). The minimum atomic E-state index is -0.348. The van der Waals surface area contributed by atoms with Gasteiger partial charge in [0.25, 0.3) is 0 Å². The first kappa shape index (κ1) is 10.1. The van der Waals surface area contributed by atoms with Crippen LogP contribution in [0.2, 0.25) is 5.02 Å². The number of halogens is 1. The fraction of sp³-hybridized carbons (Fsp3) is 0.182. The maximum atomic E-state index is 11.5. The molecule has 0 atom stereocenters. The molecule has 78 valence electrons. The van der Waals surface area contributed by atoms with Crippen molar-refractivity contribution in [2.75, 3.05) is 7.11 Å². The molecule has 0 bridgehead atoms. The van der Waals surface area contributed by atoms with Gasteiger partial charge in [0.2, 0.25) is 0 Å². The lowest BCUT2D eigenvalue weighted by Crippen LogP contribution is -2.01. The maximum Gasteiger partial charge on any atom is 0.338 e. The van der Waals surface area contributed by atoms with Crippen LogP contribution in [0.1, 0.15) is 15.9 Å². The largest absolute Gasteiger partial charge is 0.465 e. The number of nitrogens with one attached hydrogen (secondary N) is 1. The van der Waals surface area contributed by atoms with Gasteiger partial charge < -0.3 is 9.72 Å². The number of methoxy groups -OCH3 is 1. The Balaban J connectivity index is 2.81. The van der Waals surface area contributed by atoms with Crippen molar-refractivity contribution >= 4 is 28.5 Å². The van der Waals surface area contributed by atoms with E-state index in [2.05, 4.69) is 4.98 Å². The van der Waals surface area contributed by atoms with Gasteiger partial charge >= 0.3 is 5.97 Å². The third-order valence-corrected chi connectivity index (χ3v) is 2.70. The second-order valence-electron chi connectivity index (χ2n) is 3.31. The lowest BCUT2D eigenvalue weighted by atomic mass is 10.1. The lowest BCUT2D eigenvalue weighted by Gasteiger charge is -2.03. The average Bonchev–Trinajstić information content (AvgIpc) is 2.62. The number of fused-ring (bicyclic) bond motifs is 1. The average molecular weight is 224 g/mol. The highest BCUT2D eigenvalue weighted by molar-refractivity contribution is 6.35. The van der Waals surface area contributed by atoms with Crippen molar-refractivity contribution < 1.29 is 9.53 Å². The van der Waals surface area contributed by atoms with Crippen molar-refractivity contribution in [1.82, 2.24) is 4.98 Å². The molecule has 0 fully saturated rings. The summed E-state index contributed by atoms with van der Waals surface area (Å²) in [5, 5.41) is 1.43. The predicted octanol–water partition coefficient (Wildman–Crippen LogP) is 2.92. The molecule has 0 radical (unpaired) electrons. The number of carbonyl (C=O) groups excluding carboxylic acids is 1. The van der Waals surface area contributed by atoms with E-state index in [4.69, 9.17) is 16.3 Å². The summed E-state index contributed by atoms with van der Waals surface area (Å²) in [7, 11) is 1.37. The zero-order valence-corrected chi connectivity index (χ0v) is 9.18. The summed E-state index contributed by atoms with van der Waals surface area (Å²) in [6.45, 7) is 1.92. The molecular formula is C11H10ClNO2. The van der Waals surface area contributed by atoms with E-state index in [0.717, 1.165) is 16.5 Å². The van der Waals surface area contributed by atoms with Crippen molar-refractivity contribution in [3.63, 3.8) is 0 Å². The molecule has 0 unspecified atom stereocenters. The number of benzene rings is 1. The SMILES string of the molecule is COC(=O)c1ccc(Cl)c2[nH]cc(C)c12. The predicted molar refractivity (Wildman–Crippen MR) is 59.4 cm³/mol. The molecule has 4 heteroatoms. The maximum absolute atomic E-state index is 11.5. The van der Waals surface area contributed by atoms with E-state index >= 15 is 0 Å². The van der Waals surface area contributed by atoms with Crippen molar-refractivity contribution in [2.45, 2.75) is 6.92 Å². The van der Waals surface area contributed by atoms with Crippen LogP contribution in [0.5, 0.6) is 0 Å². The van der Waals surface area contributed by atoms with Gasteiger partial charge in [0.15, 0.2) is 0 Å². The van der Waals surface area contributed by atoms with Crippen molar-refractivity contribution in [2.24, 2.45) is 0 Å². The molecule has 3 nitrogen and oxygen atoms in total. The first-order valence-corrected chi connectivity index (χ1v) is 4.87. The molecule has 0 saturated carbocycles. The Hall–Kier alpha value is -1.48. The minimum absolute atomic E-state index is 0.348. The number of ether oxygens (including phenoxy) is 1. The summed E-state index contributed by atoms with van der Waals surface area (Å²) in [6, 6.07) is 3.36. The second kappa shape index (κ2) is 3.59. The van der Waals surface area contributed by atoms with Crippen LogP contribution in [0.3, 0.4) is 0 Å². The zero-order chi connectivity index (χ0) is 11.0. The Morgan fingerprint density at radius 1 is 1.47 bits per heavy atom. The Morgan fingerprint density at radius 3 is 2.87 bits per heavy atom. The highest BCUT2D eigenvalue weighted by Gasteiger charge is 2.14. The molecule has 1 N–H and O–H groups in total. The quantitative estimate of drug-likeness (QED) is 0.756. The summed E-state index contributed by atoms with van der Waals surface area (Å²) in [6.07, 6.45) is 1.82. The van der Waals surface area contributed by atoms with E-state index < -0.39 is 0 Å². The number of rotatable bonds is 1. The van der Waals surface area contributed by atoms with Crippen LogP contribution in [0.15, 0.2) is 18.3 Å². The minimum Gasteiger partial charge on any atom is -0.465 e. The Morgan fingerprint density at radius 2 is 2.20 bits per heavy atom. The number of hydrogen-bond acceptors (Lipinski definition) is 2. The third-order valence-electron chi connectivity index (χ3n) is 2.39. The van der Waals surface area contributed by atoms with E-state index in [9.17, 15) is 4.79 Å². The van der Waals surface area contributed by atoms with Gasteiger partial charge in [-0.1, -0.05) is 11.6 Å². The number of hydrogen-bond donors (Lipinski definition) is 1. The fourth-order valence-electron chi connectivity index (χ4n) is 1.66. The van der Waals surface area contributed by atoms with Gasteiger partial charge in [-0.3, -0.25) is 0 Å². The summed E-state index contributed by atoms with van der Waals surface area (Å²) < 4.78 is 4.71. The summed E-state index contributed by atoms with van der Waals surface area (Å²) in [4.78, 5) is 14.5. The molecule has 1 heterocycles. The molecule has 1 aromatic heterocycles. The Bertz CT molecular complexity index is 531. The highest BCUT2D eigenvalue weighted by atomic mass is 35.5. The topological polar surface area (TPSA) is 42.1 Å². The normalized spacial score (nSPS) is 10.6. The van der Waals surface area contributed by atoms with E-state index in [1.54, 1.807) is 12.1 Å². The Labute approximate surface area is 92.0 Å². The molecule has 0 spiro atoms. The zero-order valence-electron chi connectivity index (χ0n) is 8.43. The van der Waals surface area contributed by atoms with Crippen LogP contribution in [-0.2, 0) is 4.74 Å². The van der Waals surface area contributed by atoms with Crippen LogP contribution in [0.4, 0.5) is 0 Å². The third kappa shape index (κ3) is 1.49. The molecule has 15 heavy (non-hydrogen) atoms. The van der Waals surface area contributed by atoms with E-state index in [-0.39, 0.29) is 5.97 Å². The molecule has 0 saturated heterocycles. The van der Waals surface area contributed by atoms with Gasteiger partial charge in [-0.15, -0.1) is 0 Å². The van der Waals surface area contributed by atoms with Crippen molar-refractivity contribution in [3.05, 3.63) is 34.5 Å². The smallest absolute Gasteiger partial charge is 0.338 e. The van der Waals surface area contributed by atoms with E-state index in [1.165, 1.54) is 7.11 Å². The number of carbonyl (C=O) groups is 1. The summed E-state index contributed by atoms with van der Waals surface area (Å²) in [5.74, 6) is -0.348. The van der Waals surface area contributed by atoms with Gasteiger partial charge in [0.05, 0.1) is 23.2 Å². The fourth-order valence-corrected chi connectivity index (χ4v) is 1.87. The molecule has 1 aromatic carbocycles. The Kier molecular flexibility index (Phi) is 2.40. The van der Waals surface area contributed by atoms with Gasteiger partial charge in [-0.2, -0.15) is 0 Å². The van der Waals surface area contributed by atoms with Crippen LogP contribution >= 0.6 is 11.6 Å². The van der Waals surface area contributed by atoms with Gasteiger partial charge in [0.1, 0.15) is 0 Å². The molecule has 0 aliphatic carbocycles.